The maximum atomic E-state index is 11.9. The van der Waals surface area contributed by atoms with Crippen molar-refractivity contribution in [3.8, 4) is 0 Å². The van der Waals surface area contributed by atoms with Crippen LogP contribution in [0.3, 0.4) is 0 Å². The van der Waals surface area contributed by atoms with Gasteiger partial charge in [0.05, 0.1) is 0 Å². The molecule has 4 nitrogen and oxygen atoms in total. The zero-order valence-corrected chi connectivity index (χ0v) is 14.3. The monoisotopic (exact) mass is 301 g/mol. The van der Waals surface area contributed by atoms with E-state index in [2.05, 4.69) is 44.1 Å². The molecule has 2 rings (SSSR count). The summed E-state index contributed by atoms with van der Waals surface area (Å²) in [5.41, 5.74) is 13.4. The van der Waals surface area contributed by atoms with Crippen LogP contribution in [-0.4, -0.2) is 17.4 Å². The lowest BCUT2D eigenvalue weighted by atomic mass is 9.94. The second-order valence-corrected chi connectivity index (χ2v) is 6.15. The van der Waals surface area contributed by atoms with E-state index in [1.54, 1.807) is 0 Å². The number of carbonyl (C=O) groups is 1. The third-order valence-electron chi connectivity index (χ3n) is 4.64. The number of aryl methyl sites for hydroxylation is 1. The van der Waals surface area contributed by atoms with E-state index in [4.69, 9.17) is 5.73 Å². The summed E-state index contributed by atoms with van der Waals surface area (Å²) in [6.07, 6.45) is 3.89. The third-order valence-corrected chi connectivity index (χ3v) is 4.64. The Balaban J connectivity index is 2.42. The number of H-pyrrole nitrogens is 1. The van der Waals surface area contributed by atoms with E-state index in [0.717, 1.165) is 35.4 Å². The second kappa shape index (κ2) is 6.53. The molecule has 0 radical (unpaired) electrons. The molecule has 4 heteroatoms. The summed E-state index contributed by atoms with van der Waals surface area (Å²) in [7, 11) is 0. The number of hydrogen-bond donors (Lipinski definition) is 3. The molecule has 120 valence electrons. The third kappa shape index (κ3) is 2.88. The van der Waals surface area contributed by atoms with Crippen molar-refractivity contribution in [1.82, 2.24) is 10.3 Å². The van der Waals surface area contributed by atoms with Gasteiger partial charge in [-0.25, -0.2) is 0 Å². The molecule has 4 N–H and O–H groups in total. The molecular weight excluding hydrogens is 274 g/mol. The minimum atomic E-state index is 0.0146. The maximum absolute atomic E-state index is 11.9. The van der Waals surface area contributed by atoms with Gasteiger partial charge in [-0.3, -0.25) is 4.79 Å². The molecule has 0 bridgehead atoms. The van der Waals surface area contributed by atoms with Gasteiger partial charge in [0.2, 0.25) is 0 Å². The van der Waals surface area contributed by atoms with Crippen molar-refractivity contribution in [3.05, 3.63) is 39.4 Å². The first-order chi connectivity index (χ1) is 10.4. The Kier molecular flexibility index (Phi) is 4.91. The Labute approximate surface area is 132 Å². The molecule has 0 saturated heterocycles. The number of aromatic nitrogens is 1. The fraction of sp³-hybridized carbons (Fsp3) is 0.500. The van der Waals surface area contributed by atoms with E-state index >= 15 is 0 Å². The fourth-order valence-electron chi connectivity index (χ4n) is 3.42. The smallest absolute Gasteiger partial charge is 0.251 e. The Morgan fingerprint density at radius 2 is 1.95 bits per heavy atom. The number of nitrogens with one attached hydrogen (secondary N) is 2. The van der Waals surface area contributed by atoms with E-state index in [9.17, 15) is 4.79 Å². The van der Waals surface area contributed by atoms with Crippen LogP contribution in [0.15, 0.2) is 16.8 Å². The summed E-state index contributed by atoms with van der Waals surface area (Å²) in [5.74, 6) is 0.454. The number of amides is 1. The largest absolute Gasteiger partial charge is 0.359 e. The molecule has 1 aliphatic rings. The van der Waals surface area contributed by atoms with Crippen LogP contribution in [0, 0.1) is 13.8 Å². The molecule has 1 aliphatic heterocycles. The number of allylic oxidation sites excluding steroid dienone is 1. The standard InChI is InChI=1S/C18H27N3O/c1-6-14-11(3)18(22)21-16(14)9-15-12(4)17(13(5)20-15)10(2)7-8-19/h9-10,20H,6-8,19H2,1-5H3,(H,21,22)/b16-9-/t10-/m1/s1. The number of hydrogen-bond acceptors (Lipinski definition) is 2. The van der Waals surface area contributed by atoms with Gasteiger partial charge < -0.3 is 16.0 Å². The molecule has 0 unspecified atom stereocenters. The first-order valence-corrected chi connectivity index (χ1v) is 8.02. The predicted octanol–water partition coefficient (Wildman–Crippen LogP) is 3.28. The van der Waals surface area contributed by atoms with E-state index in [1.165, 1.54) is 16.8 Å². The molecule has 0 aliphatic carbocycles. The van der Waals surface area contributed by atoms with Crippen LogP contribution < -0.4 is 11.1 Å². The van der Waals surface area contributed by atoms with Gasteiger partial charge in [-0.2, -0.15) is 0 Å². The Hall–Kier alpha value is -1.81. The Morgan fingerprint density at radius 3 is 2.55 bits per heavy atom. The van der Waals surface area contributed by atoms with Gasteiger partial charge in [-0.15, -0.1) is 0 Å². The second-order valence-electron chi connectivity index (χ2n) is 6.15. The molecule has 0 fully saturated rings. The summed E-state index contributed by atoms with van der Waals surface area (Å²) in [6.45, 7) is 11.1. The van der Waals surface area contributed by atoms with E-state index in [0.29, 0.717) is 12.5 Å². The highest BCUT2D eigenvalue weighted by Gasteiger charge is 2.23. The predicted molar refractivity (Wildman–Crippen MR) is 91.5 cm³/mol. The Morgan fingerprint density at radius 1 is 1.27 bits per heavy atom. The maximum Gasteiger partial charge on any atom is 0.251 e. The summed E-state index contributed by atoms with van der Waals surface area (Å²) in [6, 6.07) is 0. The lowest BCUT2D eigenvalue weighted by Gasteiger charge is -2.11. The highest BCUT2D eigenvalue weighted by molar-refractivity contribution is 6.00. The summed E-state index contributed by atoms with van der Waals surface area (Å²) in [5, 5.41) is 2.97. The molecule has 1 amide bonds. The van der Waals surface area contributed by atoms with Crippen molar-refractivity contribution in [2.24, 2.45) is 5.73 Å². The Bertz CT molecular complexity index is 650. The van der Waals surface area contributed by atoms with Crippen LogP contribution in [0.2, 0.25) is 0 Å². The van der Waals surface area contributed by atoms with E-state index in [1.807, 2.05) is 6.92 Å². The lowest BCUT2D eigenvalue weighted by Crippen LogP contribution is -2.15. The van der Waals surface area contributed by atoms with Crippen LogP contribution in [-0.2, 0) is 4.79 Å². The molecule has 22 heavy (non-hydrogen) atoms. The minimum absolute atomic E-state index is 0.0146. The number of carbonyl (C=O) groups excluding carboxylic acids is 1. The summed E-state index contributed by atoms with van der Waals surface area (Å²) < 4.78 is 0. The van der Waals surface area contributed by atoms with Crippen LogP contribution >= 0.6 is 0 Å². The van der Waals surface area contributed by atoms with Crippen molar-refractivity contribution < 1.29 is 4.79 Å². The first-order valence-electron chi connectivity index (χ1n) is 8.02. The van der Waals surface area contributed by atoms with Crippen LogP contribution in [0.5, 0.6) is 0 Å². The molecule has 2 heterocycles. The van der Waals surface area contributed by atoms with Crippen molar-refractivity contribution in [3.63, 3.8) is 0 Å². The van der Waals surface area contributed by atoms with Gasteiger partial charge in [-0.1, -0.05) is 13.8 Å². The van der Waals surface area contributed by atoms with Crippen LogP contribution in [0.4, 0.5) is 0 Å². The van der Waals surface area contributed by atoms with Crippen molar-refractivity contribution >= 4 is 12.0 Å². The lowest BCUT2D eigenvalue weighted by molar-refractivity contribution is -0.116. The first kappa shape index (κ1) is 16.6. The van der Waals surface area contributed by atoms with E-state index in [-0.39, 0.29) is 5.91 Å². The minimum Gasteiger partial charge on any atom is -0.359 e. The molecule has 1 aromatic heterocycles. The van der Waals surface area contributed by atoms with Gasteiger partial charge >= 0.3 is 0 Å². The van der Waals surface area contributed by atoms with Gasteiger partial charge in [0.15, 0.2) is 0 Å². The molecule has 0 spiro atoms. The topological polar surface area (TPSA) is 70.9 Å². The zero-order chi connectivity index (χ0) is 16.4. The summed E-state index contributed by atoms with van der Waals surface area (Å²) in [4.78, 5) is 15.3. The van der Waals surface area contributed by atoms with E-state index < -0.39 is 0 Å². The number of rotatable bonds is 5. The molecular formula is C18H27N3O. The highest BCUT2D eigenvalue weighted by atomic mass is 16.1. The molecule has 1 aromatic rings. The SMILES string of the molecule is CCC1=C(C)C(=O)N/C1=C\c1[nH]c(C)c([C@H](C)CCN)c1C. The van der Waals surface area contributed by atoms with Crippen molar-refractivity contribution in [2.45, 2.75) is 53.4 Å². The van der Waals surface area contributed by atoms with Gasteiger partial charge in [0.1, 0.15) is 0 Å². The summed E-state index contributed by atoms with van der Waals surface area (Å²) >= 11 is 0. The van der Waals surface area contributed by atoms with Gasteiger partial charge in [-0.05, 0) is 68.9 Å². The average Bonchev–Trinajstić information content (AvgIpc) is 2.88. The normalized spacial score (nSPS) is 18.3. The average molecular weight is 301 g/mol. The van der Waals surface area contributed by atoms with Crippen LogP contribution in [0.1, 0.15) is 62.0 Å². The van der Waals surface area contributed by atoms with Gasteiger partial charge in [0, 0.05) is 22.7 Å². The molecule has 0 saturated carbocycles. The van der Waals surface area contributed by atoms with Crippen molar-refractivity contribution in [2.75, 3.05) is 6.54 Å². The quantitative estimate of drug-likeness (QED) is 0.781. The van der Waals surface area contributed by atoms with Crippen LogP contribution in [0.25, 0.3) is 6.08 Å². The number of nitrogens with two attached hydrogens (primary N) is 1. The molecule has 1 atom stereocenters. The van der Waals surface area contributed by atoms with Gasteiger partial charge in [0.25, 0.3) is 5.91 Å². The fourth-order valence-corrected chi connectivity index (χ4v) is 3.42. The van der Waals surface area contributed by atoms with Crippen molar-refractivity contribution in [1.29, 1.82) is 0 Å². The number of aromatic amines is 1. The zero-order valence-electron chi connectivity index (χ0n) is 14.3. The molecule has 0 aromatic carbocycles. The highest BCUT2D eigenvalue weighted by Crippen LogP contribution is 2.31.